The Bertz CT molecular complexity index is 3860. The summed E-state index contributed by atoms with van der Waals surface area (Å²) in [5.41, 5.74) is 2.84. The summed E-state index contributed by atoms with van der Waals surface area (Å²) in [6.45, 7) is 10.6. The van der Waals surface area contributed by atoms with Crippen molar-refractivity contribution in [2.45, 2.75) is 160 Å². The lowest BCUT2D eigenvalue weighted by molar-refractivity contribution is -0.234. The maximum atomic E-state index is 18.0. The highest BCUT2D eigenvalue weighted by Crippen LogP contribution is 2.72. The van der Waals surface area contributed by atoms with E-state index < -0.39 is 131 Å². The van der Waals surface area contributed by atoms with Crippen LogP contribution >= 0.6 is 0 Å². The van der Waals surface area contributed by atoms with Gasteiger partial charge in [0, 0.05) is 81.0 Å². The number of nitrogens with two attached hydrogens (primary N) is 1. The van der Waals surface area contributed by atoms with E-state index in [1.165, 1.54) is 28.9 Å². The molecule has 3 aromatic rings. The molecule has 0 bridgehead atoms. The molecule has 28 nitrogen and oxygen atoms in total. The number of primary amides is 1. The number of aliphatic hydroxyl groups excluding tert-OH is 1. The molecule has 2 saturated heterocycles. The summed E-state index contributed by atoms with van der Waals surface area (Å²) in [4.78, 5) is 137. The second-order valence-corrected chi connectivity index (χ2v) is 29.4. The van der Waals surface area contributed by atoms with Crippen molar-refractivity contribution in [1.82, 2.24) is 31.1 Å². The van der Waals surface area contributed by atoms with Crippen LogP contribution in [0.1, 0.15) is 121 Å². The molecule has 5 fully saturated rings. The Morgan fingerprint density at radius 1 is 0.716 bits per heavy atom. The van der Waals surface area contributed by atoms with Crippen LogP contribution in [0.3, 0.4) is 0 Å². The van der Waals surface area contributed by atoms with Gasteiger partial charge in [0.2, 0.25) is 35.3 Å². The first-order valence-corrected chi connectivity index (χ1v) is 37.7. The number of anilines is 2. The predicted octanol–water partition coefficient (Wildman–Crippen LogP) is 6.94. The molecule has 0 spiro atoms. The van der Waals surface area contributed by atoms with Gasteiger partial charge in [-0.25, -0.2) is 23.2 Å². The van der Waals surface area contributed by atoms with Gasteiger partial charge in [-0.05, 0) is 115 Å². The summed E-state index contributed by atoms with van der Waals surface area (Å²) in [6.07, 6.45) is 2.07. The van der Waals surface area contributed by atoms with Crippen molar-refractivity contribution in [3.8, 4) is 0 Å². The Morgan fingerprint density at radius 3 is 2.04 bits per heavy atom. The number of nitrogens with zero attached hydrogens (tertiary/aromatic N) is 3. The van der Waals surface area contributed by atoms with Gasteiger partial charge in [0.1, 0.15) is 24.9 Å². The van der Waals surface area contributed by atoms with Gasteiger partial charge in [-0.15, -0.1) is 0 Å². The molecular weight excluding hydrogens is 1420 g/mol. The van der Waals surface area contributed by atoms with Crippen LogP contribution in [0, 0.1) is 28.6 Å². The van der Waals surface area contributed by atoms with Crippen molar-refractivity contribution in [2.24, 2.45) is 34.3 Å². The summed E-state index contributed by atoms with van der Waals surface area (Å²) >= 11 is 0. The second-order valence-electron chi connectivity index (χ2n) is 29.4. The molecule has 9 amide bonds. The fourth-order valence-corrected chi connectivity index (χ4v) is 16.3. The molecule has 0 aromatic heterocycles. The number of alkyl halides is 2. The van der Waals surface area contributed by atoms with Crippen molar-refractivity contribution in [3.63, 3.8) is 0 Å². The first-order valence-electron chi connectivity index (χ1n) is 37.7. The number of Topliss-reactive ketones (excluding diaryl/α,β-unsaturated/α-hetero) is 1. The zero-order valence-electron chi connectivity index (χ0n) is 62.6. The van der Waals surface area contributed by atoms with Crippen molar-refractivity contribution in [2.75, 3.05) is 109 Å². The van der Waals surface area contributed by atoms with Crippen molar-refractivity contribution < 1.29 is 99.7 Å². The number of benzene rings is 3. The monoisotopic (exact) mass is 1520 g/mol. The van der Waals surface area contributed by atoms with E-state index in [1.807, 2.05) is 61.5 Å². The van der Waals surface area contributed by atoms with Gasteiger partial charge in [-0.3, -0.25) is 33.6 Å². The molecule has 4 aliphatic carbocycles. The summed E-state index contributed by atoms with van der Waals surface area (Å²) in [5.74, 6) is -5.35. The minimum atomic E-state index is -2.39. The number of ether oxygens (including phenoxy) is 8. The number of piperazine rings is 1. The van der Waals surface area contributed by atoms with Crippen molar-refractivity contribution in [3.05, 3.63) is 119 Å². The topological polar surface area (TPSA) is 361 Å². The second kappa shape index (κ2) is 37.6. The van der Waals surface area contributed by atoms with E-state index in [9.17, 15) is 53.1 Å². The molecule has 2 unspecified atom stereocenters. The predicted molar refractivity (Wildman–Crippen MR) is 395 cm³/mol. The number of fused-ring (bicyclic) bond motifs is 9. The maximum Gasteiger partial charge on any atom is 0.410 e. The number of ketones is 2. The van der Waals surface area contributed by atoms with E-state index in [0.29, 0.717) is 50.5 Å². The molecule has 30 heteroatoms. The molecule has 8 N–H and O–H groups in total. The summed E-state index contributed by atoms with van der Waals surface area (Å²) in [5, 5.41) is 25.5. The van der Waals surface area contributed by atoms with Gasteiger partial charge in [0.25, 0.3) is 0 Å². The number of hydrogen-bond donors (Lipinski definition) is 7. The lowest BCUT2D eigenvalue weighted by atomic mass is 9.44. The van der Waals surface area contributed by atoms with Gasteiger partial charge >= 0.3 is 18.2 Å². The van der Waals surface area contributed by atoms with E-state index in [4.69, 9.17) is 43.6 Å². The number of carbonyl (C=O) groups is 10. The van der Waals surface area contributed by atoms with Crippen LogP contribution in [0.5, 0.6) is 0 Å². The average molecular weight is 1520 g/mol. The Kier molecular flexibility index (Phi) is 28.4. The highest BCUT2D eigenvalue weighted by molar-refractivity contribution is 6.02. The summed E-state index contributed by atoms with van der Waals surface area (Å²) in [7, 11) is 0. The number of halogens is 2. The first-order chi connectivity index (χ1) is 52.3. The molecule has 10 rings (SSSR count). The number of para-hydroxylation sites is 1. The molecule has 7 aliphatic rings. The van der Waals surface area contributed by atoms with Crippen LogP contribution in [-0.4, -0.2) is 221 Å². The molecule has 3 heterocycles. The SMILES string of the molecule is CCCC1O[C@@H]2CC3[C@@H]4C[C@H](F)C5=CC(=O)C=C[C@]5(C)[C@@]4(F)[C@@H](O)C[C@]3(C)[C@]2(C(=O)COC(=O)N2CCN(C(=O)OCc3ccc(NC(=O)[C@H](CCCNC(N)=O)NC(=O)[C@@H](NC(=O)CCOCCOCCOCCOCCNC(=O)CCC(=O)N4Cc5ccccc5/C=C\c5ccccc54)C(C)C)cc3)CC2)O1. The lowest BCUT2D eigenvalue weighted by Crippen LogP contribution is -2.71. The third-order valence-corrected chi connectivity index (χ3v) is 22.0. The van der Waals surface area contributed by atoms with Crippen LogP contribution in [0.25, 0.3) is 12.2 Å². The van der Waals surface area contributed by atoms with E-state index in [-0.39, 0.29) is 148 Å². The third kappa shape index (κ3) is 19.4. The van der Waals surface area contributed by atoms with Crippen LogP contribution in [0.4, 0.5) is 34.5 Å². The van der Waals surface area contributed by atoms with Crippen LogP contribution in [0.2, 0.25) is 0 Å². The number of urea groups is 1. The molecule has 3 aliphatic heterocycles. The van der Waals surface area contributed by atoms with E-state index in [0.717, 1.165) is 28.5 Å². The Balaban J connectivity index is 0.586. The Hall–Kier alpha value is -9.04. The van der Waals surface area contributed by atoms with Crippen molar-refractivity contribution in [1.29, 1.82) is 0 Å². The van der Waals surface area contributed by atoms with Gasteiger partial charge in [0.15, 0.2) is 29.9 Å². The number of rotatable bonds is 35. The van der Waals surface area contributed by atoms with E-state index in [1.54, 1.807) is 49.9 Å². The average Bonchev–Trinajstić information content (AvgIpc) is 1.55. The normalized spacial score (nSPS) is 25.9. The number of aliphatic hydroxyl groups is 1. The molecular formula is C79H103F2N9O19. The molecule has 109 heavy (non-hydrogen) atoms. The van der Waals surface area contributed by atoms with Crippen LogP contribution in [0.15, 0.2) is 96.6 Å². The number of hydrogen-bond acceptors (Lipinski definition) is 19. The zero-order chi connectivity index (χ0) is 78.0. The highest BCUT2D eigenvalue weighted by atomic mass is 19.1. The fourth-order valence-electron chi connectivity index (χ4n) is 16.3. The summed E-state index contributed by atoms with van der Waals surface area (Å²) in [6, 6.07) is 19.1. The third-order valence-electron chi connectivity index (χ3n) is 22.0. The fraction of sp³-hybridized carbons (Fsp3) is 0.570. The minimum Gasteiger partial charge on any atom is -0.445 e. The van der Waals surface area contributed by atoms with E-state index in [2.05, 4.69) is 32.7 Å². The zero-order valence-corrected chi connectivity index (χ0v) is 62.6. The van der Waals surface area contributed by atoms with Crippen molar-refractivity contribution >= 4 is 82.8 Å². The maximum absolute atomic E-state index is 18.0. The lowest BCUT2D eigenvalue weighted by Gasteiger charge is -2.63. The first kappa shape index (κ1) is 82.5. The molecule has 0 radical (unpaired) electrons. The number of allylic oxidation sites excluding steroid dienone is 4. The largest absolute Gasteiger partial charge is 0.445 e. The number of amides is 9. The van der Waals surface area contributed by atoms with Crippen LogP contribution in [-0.2, 0) is 84.6 Å². The van der Waals surface area contributed by atoms with Gasteiger partial charge in [-0.2, -0.15) is 0 Å². The van der Waals surface area contributed by atoms with Gasteiger partial charge in [0.05, 0.1) is 77.3 Å². The number of nitrogens with one attached hydrogen (secondary N) is 5. The van der Waals surface area contributed by atoms with Crippen LogP contribution < -0.4 is 37.2 Å². The van der Waals surface area contributed by atoms with Gasteiger partial charge < -0.3 is 90.0 Å². The highest BCUT2D eigenvalue weighted by Gasteiger charge is 2.80. The summed E-state index contributed by atoms with van der Waals surface area (Å²) < 4.78 is 80.7. The van der Waals surface area contributed by atoms with E-state index >= 15 is 8.78 Å². The Labute approximate surface area is 633 Å². The smallest absolute Gasteiger partial charge is 0.410 e. The quantitative estimate of drug-likeness (QED) is 0.0293. The van der Waals surface area contributed by atoms with Gasteiger partial charge in [-0.1, -0.05) is 107 Å². The minimum absolute atomic E-state index is 0.0208. The Morgan fingerprint density at radius 2 is 1.36 bits per heavy atom. The molecule has 3 aromatic carbocycles. The molecule has 12 atom stereocenters. The molecule has 592 valence electrons. The molecule has 3 saturated carbocycles. The standard InChI is InChI=1S/C79H103F2N9O19/c1-6-12-69-108-65-45-57-58-44-60(80)59-43-56(91)26-28-76(59,4)78(58,81)63(92)46-77(57,5)79(65,109-69)64(93)49-107-75(101)89-33-31-88(32-34-89)74(100)106-48-51-18-22-55(23-19-51)85-71(97)61(16-11-29-84-73(82)99)86-72(98)70(50(2)3)87-67(95)27-35-102-37-39-104-41-42-105-40-38-103-36-30-83-66(94)24-25-68(96)90-47-54-15-8-7-13-52(54)20-21-53-14-9-10-17-62(53)90/h7-10,13-15,17-23,26,28,43,50,57-58,60-61,63,65,69-70,92H,6,11-12,16,24-25,27,29-42,44-49H2,1-5H3,(H,83,94)(H,85,97)(H,86,98)(H,87,95)(H3,82,84,99)/b21-20-/t57?,58-,60-,61-,63-,65+,69?,70-,76-,77-,78-,79+/m0/s1. The number of carbonyl (C=O) groups excluding carboxylic acids is 10.